The Labute approximate surface area is 105 Å². The highest BCUT2D eigenvalue weighted by atomic mass is 15.1. The minimum absolute atomic E-state index is 0.309. The minimum atomic E-state index is 0.309. The van der Waals surface area contributed by atoms with Crippen molar-refractivity contribution in [2.24, 2.45) is 5.92 Å². The van der Waals surface area contributed by atoms with Gasteiger partial charge in [0.05, 0.1) is 17.6 Å². The molecule has 17 heavy (non-hydrogen) atoms. The van der Waals surface area contributed by atoms with E-state index >= 15 is 0 Å². The topological polar surface area (TPSA) is 28.2 Å². The summed E-state index contributed by atoms with van der Waals surface area (Å²) in [5.74, 6) is 0.672. The first kappa shape index (κ1) is 14.0. The predicted octanol–water partition coefficient (Wildman–Crippen LogP) is 2.84. The van der Waals surface area contributed by atoms with Gasteiger partial charge in [-0.25, -0.2) is 0 Å². The molecule has 0 saturated heterocycles. The van der Waals surface area contributed by atoms with E-state index in [0.717, 1.165) is 18.8 Å². The fourth-order valence-corrected chi connectivity index (χ4v) is 1.85. The van der Waals surface area contributed by atoms with Crippen molar-refractivity contribution < 1.29 is 0 Å². The number of rotatable bonds is 6. The molecule has 1 unspecified atom stereocenters. The molecule has 0 saturated carbocycles. The van der Waals surface area contributed by atoms with Crippen LogP contribution in [0.2, 0.25) is 0 Å². The summed E-state index contributed by atoms with van der Waals surface area (Å²) in [6, 6.07) is 4.59. The summed E-state index contributed by atoms with van der Waals surface area (Å²) < 4.78 is 0. The van der Waals surface area contributed by atoms with E-state index in [4.69, 9.17) is 0 Å². The lowest BCUT2D eigenvalue weighted by molar-refractivity contribution is 0.614. The SMILES string of the molecule is CCN(CC(C)C)c1ccc(C(C)NC)nc1. The first-order valence-corrected chi connectivity index (χ1v) is 6.46. The number of nitrogens with one attached hydrogen (secondary N) is 1. The molecule has 0 aliphatic carbocycles. The Bertz CT molecular complexity index is 319. The lowest BCUT2D eigenvalue weighted by atomic mass is 10.2. The van der Waals surface area contributed by atoms with Crippen molar-refractivity contribution in [3.8, 4) is 0 Å². The molecule has 0 amide bonds. The molecule has 0 bridgehead atoms. The molecule has 96 valence electrons. The highest BCUT2D eigenvalue weighted by molar-refractivity contribution is 5.44. The van der Waals surface area contributed by atoms with Gasteiger partial charge >= 0.3 is 0 Å². The molecule has 1 aromatic rings. The van der Waals surface area contributed by atoms with E-state index in [0.29, 0.717) is 12.0 Å². The van der Waals surface area contributed by atoms with Gasteiger partial charge in [-0.15, -0.1) is 0 Å². The summed E-state index contributed by atoms with van der Waals surface area (Å²) in [5, 5.41) is 3.20. The molecule has 1 heterocycles. The van der Waals surface area contributed by atoms with Crippen molar-refractivity contribution in [3.63, 3.8) is 0 Å². The van der Waals surface area contributed by atoms with Crippen molar-refractivity contribution >= 4 is 5.69 Å². The Hall–Kier alpha value is -1.09. The molecule has 0 aromatic carbocycles. The number of aromatic nitrogens is 1. The van der Waals surface area contributed by atoms with Crippen molar-refractivity contribution in [1.82, 2.24) is 10.3 Å². The highest BCUT2D eigenvalue weighted by Crippen LogP contribution is 2.17. The Morgan fingerprint density at radius 2 is 2.00 bits per heavy atom. The molecule has 1 aromatic heterocycles. The first-order chi connectivity index (χ1) is 8.08. The number of nitrogens with zero attached hydrogens (tertiary/aromatic N) is 2. The maximum absolute atomic E-state index is 4.52. The van der Waals surface area contributed by atoms with Gasteiger partial charge in [0.25, 0.3) is 0 Å². The molecule has 0 aliphatic rings. The fraction of sp³-hybridized carbons (Fsp3) is 0.643. The van der Waals surface area contributed by atoms with Gasteiger partial charge in [0.1, 0.15) is 0 Å². The van der Waals surface area contributed by atoms with Crippen molar-refractivity contribution in [3.05, 3.63) is 24.0 Å². The molecule has 0 radical (unpaired) electrons. The monoisotopic (exact) mass is 235 g/mol. The third-order valence-corrected chi connectivity index (χ3v) is 2.98. The average molecular weight is 235 g/mol. The molecule has 0 spiro atoms. The van der Waals surface area contributed by atoms with Gasteiger partial charge in [0, 0.05) is 19.1 Å². The van der Waals surface area contributed by atoms with Crippen LogP contribution in [0.3, 0.4) is 0 Å². The molecule has 3 nitrogen and oxygen atoms in total. The van der Waals surface area contributed by atoms with Crippen LogP contribution in [0.5, 0.6) is 0 Å². The standard InChI is InChI=1S/C14H25N3/c1-6-17(10-11(2)3)13-7-8-14(16-9-13)12(4)15-5/h7-9,11-12,15H,6,10H2,1-5H3. The Kier molecular flexibility index (Phi) is 5.42. The van der Waals surface area contributed by atoms with Crippen LogP contribution >= 0.6 is 0 Å². The smallest absolute Gasteiger partial charge is 0.0571 e. The van der Waals surface area contributed by atoms with Crippen LogP contribution in [0.4, 0.5) is 5.69 Å². The zero-order chi connectivity index (χ0) is 12.8. The summed E-state index contributed by atoms with van der Waals surface area (Å²) >= 11 is 0. The van der Waals surface area contributed by atoms with Gasteiger partial charge in [-0.3, -0.25) is 4.98 Å². The first-order valence-electron chi connectivity index (χ1n) is 6.46. The number of anilines is 1. The molecular weight excluding hydrogens is 210 g/mol. The van der Waals surface area contributed by atoms with Crippen LogP contribution < -0.4 is 10.2 Å². The Morgan fingerprint density at radius 3 is 2.41 bits per heavy atom. The molecule has 0 aliphatic heterocycles. The summed E-state index contributed by atoms with van der Waals surface area (Å²) in [7, 11) is 1.96. The summed E-state index contributed by atoms with van der Waals surface area (Å²) in [5.41, 5.74) is 2.31. The fourth-order valence-electron chi connectivity index (χ4n) is 1.85. The van der Waals surface area contributed by atoms with Gasteiger partial charge < -0.3 is 10.2 Å². The van der Waals surface area contributed by atoms with Crippen LogP contribution in [0.15, 0.2) is 18.3 Å². The van der Waals surface area contributed by atoms with Gasteiger partial charge in [-0.05, 0) is 38.9 Å². The summed E-state index contributed by atoms with van der Waals surface area (Å²) in [4.78, 5) is 6.89. The van der Waals surface area contributed by atoms with Crippen LogP contribution in [-0.2, 0) is 0 Å². The number of hydrogen-bond acceptors (Lipinski definition) is 3. The normalized spacial score (nSPS) is 12.8. The quantitative estimate of drug-likeness (QED) is 0.822. The van der Waals surface area contributed by atoms with Crippen LogP contribution in [0.25, 0.3) is 0 Å². The van der Waals surface area contributed by atoms with E-state index in [1.54, 1.807) is 0 Å². The maximum atomic E-state index is 4.52. The predicted molar refractivity (Wildman–Crippen MR) is 74.4 cm³/mol. The molecule has 1 N–H and O–H groups in total. The van der Waals surface area contributed by atoms with Crippen LogP contribution in [-0.4, -0.2) is 25.1 Å². The van der Waals surface area contributed by atoms with E-state index in [1.165, 1.54) is 5.69 Å². The van der Waals surface area contributed by atoms with Gasteiger partial charge in [0.15, 0.2) is 0 Å². The van der Waals surface area contributed by atoms with Crippen molar-refractivity contribution in [1.29, 1.82) is 0 Å². The maximum Gasteiger partial charge on any atom is 0.0571 e. The summed E-state index contributed by atoms with van der Waals surface area (Å²) in [6.07, 6.45) is 1.98. The van der Waals surface area contributed by atoms with E-state index in [2.05, 4.69) is 55.0 Å². The molecule has 0 fully saturated rings. The third-order valence-electron chi connectivity index (χ3n) is 2.98. The molecule has 1 atom stereocenters. The van der Waals surface area contributed by atoms with E-state index in [9.17, 15) is 0 Å². The highest BCUT2D eigenvalue weighted by Gasteiger charge is 2.08. The average Bonchev–Trinajstić information content (AvgIpc) is 2.35. The van der Waals surface area contributed by atoms with E-state index in [1.807, 2.05) is 13.2 Å². The van der Waals surface area contributed by atoms with E-state index < -0.39 is 0 Å². The summed E-state index contributed by atoms with van der Waals surface area (Å²) in [6.45, 7) is 10.9. The minimum Gasteiger partial charge on any atom is -0.370 e. The Balaban J connectivity index is 2.77. The zero-order valence-corrected chi connectivity index (χ0v) is 11.7. The largest absolute Gasteiger partial charge is 0.370 e. The second-order valence-electron chi connectivity index (χ2n) is 4.88. The van der Waals surface area contributed by atoms with Gasteiger partial charge in [-0.1, -0.05) is 13.8 Å². The molecular formula is C14H25N3. The molecule has 1 rings (SSSR count). The van der Waals surface area contributed by atoms with Crippen LogP contribution in [0, 0.1) is 5.92 Å². The van der Waals surface area contributed by atoms with Crippen molar-refractivity contribution in [2.45, 2.75) is 33.7 Å². The second-order valence-corrected chi connectivity index (χ2v) is 4.88. The number of hydrogen-bond donors (Lipinski definition) is 1. The lowest BCUT2D eigenvalue weighted by Gasteiger charge is -2.25. The lowest BCUT2D eigenvalue weighted by Crippen LogP contribution is -2.27. The zero-order valence-electron chi connectivity index (χ0n) is 11.7. The van der Waals surface area contributed by atoms with Crippen LogP contribution in [0.1, 0.15) is 39.4 Å². The molecule has 3 heteroatoms. The van der Waals surface area contributed by atoms with Gasteiger partial charge in [-0.2, -0.15) is 0 Å². The third kappa shape index (κ3) is 4.00. The Morgan fingerprint density at radius 1 is 1.29 bits per heavy atom. The number of pyridine rings is 1. The van der Waals surface area contributed by atoms with Gasteiger partial charge in [0.2, 0.25) is 0 Å². The van der Waals surface area contributed by atoms with E-state index in [-0.39, 0.29) is 0 Å². The second kappa shape index (κ2) is 6.60. The van der Waals surface area contributed by atoms with Crippen molar-refractivity contribution in [2.75, 3.05) is 25.0 Å².